The number of carbonyl (C=O) groups is 1. The Morgan fingerprint density at radius 3 is 2.82 bits per heavy atom. The number of benzene rings is 1. The van der Waals surface area contributed by atoms with Crippen LogP contribution in [0.15, 0.2) is 29.0 Å². The van der Waals surface area contributed by atoms with Gasteiger partial charge in [0.25, 0.3) is 0 Å². The Bertz CT molecular complexity index is 563. The summed E-state index contributed by atoms with van der Waals surface area (Å²) in [6, 6.07) is 5.58. The lowest BCUT2D eigenvalue weighted by Crippen LogP contribution is -2.09. The fourth-order valence-electron chi connectivity index (χ4n) is 1.54. The van der Waals surface area contributed by atoms with Gasteiger partial charge in [0.05, 0.1) is 6.42 Å². The standard InChI is InChI=1S/C12H12BrN3O/c1-8-5-9(3-4-10(8)13)11(17)6-12-14-7-15-16(12)2/h3-5,7H,6H2,1-2H3. The van der Waals surface area contributed by atoms with Gasteiger partial charge in [0.1, 0.15) is 12.2 Å². The SMILES string of the molecule is Cc1cc(C(=O)Cc2ncnn2C)ccc1Br. The van der Waals surface area contributed by atoms with Gasteiger partial charge in [-0.15, -0.1) is 0 Å². The van der Waals surface area contributed by atoms with Gasteiger partial charge in [-0.05, 0) is 24.6 Å². The van der Waals surface area contributed by atoms with E-state index in [0.717, 1.165) is 10.0 Å². The number of aromatic nitrogens is 3. The minimum Gasteiger partial charge on any atom is -0.294 e. The molecular weight excluding hydrogens is 282 g/mol. The first kappa shape index (κ1) is 12.0. The third kappa shape index (κ3) is 2.61. The van der Waals surface area contributed by atoms with Crippen molar-refractivity contribution in [2.75, 3.05) is 0 Å². The van der Waals surface area contributed by atoms with Gasteiger partial charge in [-0.3, -0.25) is 9.48 Å². The van der Waals surface area contributed by atoms with Crippen LogP contribution in [0, 0.1) is 6.92 Å². The van der Waals surface area contributed by atoms with Gasteiger partial charge in [0, 0.05) is 17.1 Å². The normalized spacial score (nSPS) is 10.5. The molecule has 0 amide bonds. The molecule has 0 saturated carbocycles. The molecule has 0 radical (unpaired) electrons. The molecule has 2 rings (SSSR count). The molecule has 0 spiro atoms. The van der Waals surface area contributed by atoms with Crippen LogP contribution in [0.5, 0.6) is 0 Å². The molecule has 2 aromatic rings. The van der Waals surface area contributed by atoms with Crippen molar-refractivity contribution in [2.45, 2.75) is 13.3 Å². The zero-order chi connectivity index (χ0) is 12.4. The van der Waals surface area contributed by atoms with Crippen molar-refractivity contribution in [1.82, 2.24) is 14.8 Å². The molecule has 0 atom stereocenters. The first-order valence-corrected chi connectivity index (χ1v) is 5.99. The predicted molar refractivity (Wildman–Crippen MR) is 67.9 cm³/mol. The van der Waals surface area contributed by atoms with Crippen LogP contribution in [0.4, 0.5) is 0 Å². The van der Waals surface area contributed by atoms with Gasteiger partial charge in [0.2, 0.25) is 0 Å². The third-order valence-electron chi connectivity index (χ3n) is 2.60. The van der Waals surface area contributed by atoms with Crippen molar-refractivity contribution < 1.29 is 4.79 Å². The molecule has 0 N–H and O–H groups in total. The molecule has 88 valence electrons. The average Bonchev–Trinajstić information content (AvgIpc) is 2.68. The number of aryl methyl sites for hydroxylation is 2. The molecule has 17 heavy (non-hydrogen) atoms. The largest absolute Gasteiger partial charge is 0.294 e. The van der Waals surface area contributed by atoms with Crippen molar-refractivity contribution in [3.8, 4) is 0 Å². The van der Waals surface area contributed by atoms with Crippen LogP contribution in [0.25, 0.3) is 0 Å². The number of nitrogens with zero attached hydrogens (tertiary/aromatic N) is 3. The molecule has 0 bridgehead atoms. The van der Waals surface area contributed by atoms with Crippen molar-refractivity contribution in [3.63, 3.8) is 0 Å². The van der Waals surface area contributed by atoms with E-state index in [-0.39, 0.29) is 12.2 Å². The monoisotopic (exact) mass is 293 g/mol. The highest BCUT2D eigenvalue weighted by atomic mass is 79.9. The average molecular weight is 294 g/mol. The molecule has 0 fully saturated rings. The molecule has 0 aliphatic rings. The number of halogens is 1. The van der Waals surface area contributed by atoms with Crippen molar-refractivity contribution in [2.24, 2.45) is 7.05 Å². The van der Waals surface area contributed by atoms with E-state index in [4.69, 9.17) is 0 Å². The van der Waals surface area contributed by atoms with Crippen LogP contribution in [0.3, 0.4) is 0 Å². The summed E-state index contributed by atoms with van der Waals surface area (Å²) in [4.78, 5) is 16.1. The minimum absolute atomic E-state index is 0.0525. The minimum atomic E-state index is 0.0525. The molecule has 0 aliphatic carbocycles. The van der Waals surface area contributed by atoms with Gasteiger partial charge in [-0.2, -0.15) is 5.10 Å². The molecule has 5 heteroatoms. The van der Waals surface area contributed by atoms with E-state index in [9.17, 15) is 4.79 Å². The topological polar surface area (TPSA) is 47.8 Å². The summed E-state index contributed by atoms with van der Waals surface area (Å²) in [7, 11) is 1.78. The zero-order valence-corrected chi connectivity index (χ0v) is 11.2. The van der Waals surface area contributed by atoms with E-state index in [2.05, 4.69) is 26.0 Å². The molecule has 0 aliphatic heterocycles. The smallest absolute Gasteiger partial charge is 0.170 e. The van der Waals surface area contributed by atoms with E-state index in [1.165, 1.54) is 6.33 Å². The van der Waals surface area contributed by atoms with Crippen LogP contribution < -0.4 is 0 Å². The molecular formula is C12H12BrN3O. The second-order valence-electron chi connectivity index (χ2n) is 3.86. The maximum Gasteiger partial charge on any atom is 0.170 e. The van der Waals surface area contributed by atoms with Gasteiger partial charge >= 0.3 is 0 Å². The summed E-state index contributed by atoms with van der Waals surface area (Å²) in [6.07, 6.45) is 1.73. The maximum absolute atomic E-state index is 12.0. The molecule has 0 saturated heterocycles. The Kier molecular flexibility index (Phi) is 3.38. The molecule has 1 aromatic heterocycles. The summed E-state index contributed by atoms with van der Waals surface area (Å²) < 4.78 is 2.62. The number of Topliss-reactive ketones (excluding diaryl/α,β-unsaturated/α-hetero) is 1. The predicted octanol–water partition coefficient (Wildman–Crippen LogP) is 2.31. The maximum atomic E-state index is 12.0. The summed E-state index contributed by atoms with van der Waals surface area (Å²) in [5.74, 6) is 0.729. The lowest BCUT2D eigenvalue weighted by atomic mass is 10.1. The fraction of sp³-hybridized carbons (Fsp3) is 0.250. The zero-order valence-electron chi connectivity index (χ0n) is 9.64. The van der Waals surface area contributed by atoms with Crippen LogP contribution in [-0.2, 0) is 13.5 Å². The van der Waals surface area contributed by atoms with Gasteiger partial charge < -0.3 is 0 Å². The number of ketones is 1. The van der Waals surface area contributed by atoms with Gasteiger partial charge in [-0.25, -0.2) is 4.98 Å². The number of hydrogen-bond donors (Lipinski definition) is 0. The van der Waals surface area contributed by atoms with Crippen LogP contribution in [-0.4, -0.2) is 20.5 Å². The second-order valence-corrected chi connectivity index (χ2v) is 4.72. The quantitative estimate of drug-likeness (QED) is 0.816. The molecule has 0 unspecified atom stereocenters. The Balaban J connectivity index is 2.20. The number of carbonyl (C=O) groups excluding carboxylic acids is 1. The highest BCUT2D eigenvalue weighted by Crippen LogP contribution is 2.18. The number of hydrogen-bond acceptors (Lipinski definition) is 3. The van der Waals surface area contributed by atoms with Crippen LogP contribution in [0.1, 0.15) is 21.7 Å². The van der Waals surface area contributed by atoms with Gasteiger partial charge in [-0.1, -0.05) is 22.0 Å². The van der Waals surface area contributed by atoms with E-state index in [0.29, 0.717) is 11.4 Å². The Labute approximate surface area is 108 Å². The van der Waals surface area contributed by atoms with E-state index < -0.39 is 0 Å². The Morgan fingerprint density at radius 2 is 2.24 bits per heavy atom. The first-order valence-electron chi connectivity index (χ1n) is 5.20. The summed E-state index contributed by atoms with van der Waals surface area (Å²) >= 11 is 3.41. The van der Waals surface area contributed by atoms with Crippen molar-refractivity contribution >= 4 is 21.7 Å². The number of rotatable bonds is 3. The Hall–Kier alpha value is -1.49. The van der Waals surface area contributed by atoms with E-state index in [1.807, 2.05) is 25.1 Å². The Morgan fingerprint density at radius 1 is 1.47 bits per heavy atom. The van der Waals surface area contributed by atoms with Crippen LogP contribution >= 0.6 is 15.9 Å². The lowest BCUT2D eigenvalue weighted by Gasteiger charge is -2.03. The summed E-state index contributed by atoms with van der Waals surface area (Å²) in [5, 5.41) is 3.94. The first-order chi connectivity index (χ1) is 8.08. The third-order valence-corrected chi connectivity index (χ3v) is 3.49. The highest BCUT2D eigenvalue weighted by Gasteiger charge is 2.11. The molecule has 1 heterocycles. The fourth-order valence-corrected chi connectivity index (χ4v) is 1.79. The van der Waals surface area contributed by atoms with Gasteiger partial charge in [0.15, 0.2) is 5.78 Å². The van der Waals surface area contributed by atoms with Crippen molar-refractivity contribution in [3.05, 3.63) is 46.0 Å². The molecule has 4 nitrogen and oxygen atoms in total. The van der Waals surface area contributed by atoms with Crippen LogP contribution in [0.2, 0.25) is 0 Å². The van der Waals surface area contributed by atoms with E-state index >= 15 is 0 Å². The summed E-state index contributed by atoms with van der Waals surface area (Å²) in [5.41, 5.74) is 1.75. The highest BCUT2D eigenvalue weighted by molar-refractivity contribution is 9.10. The van der Waals surface area contributed by atoms with E-state index in [1.54, 1.807) is 11.7 Å². The second kappa shape index (κ2) is 4.79. The van der Waals surface area contributed by atoms with Crippen molar-refractivity contribution in [1.29, 1.82) is 0 Å². The molecule has 1 aromatic carbocycles. The summed E-state index contributed by atoms with van der Waals surface area (Å²) in [6.45, 7) is 1.96. The lowest BCUT2D eigenvalue weighted by molar-refractivity contribution is 0.0989.